The zero-order valence-corrected chi connectivity index (χ0v) is 11.5. The number of hydrogen-bond acceptors (Lipinski definition) is 2. The molecule has 0 aliphatic carbocycles. The molecule has 0 saturated heterocycles. The second kappa shape index (κ2) is 6.74. The van der Waals surface area contributed by atoms with E-state index in [1.54, 1.807) is 6.21 Å². The molecule has 0 radical (unpaired) electrons. The Morgan fingerprint density at radius 3 is 2.53 bits per heavy atom. The average molecular weight is 253 g/mol. The van der Waals surface area contributed by atoms with Gasteiger partial charge in [0.25, 0.3) is 0 Å². The van der Waals surface area contributed by atoms with Gasteiger partial charge in [-0.2, -0.15) is 0 Å². The van der Waals surface area contributed by atoms with Crippen molar-refractivity contribution in [3.63, 3.8) is 0 Å². The van der Waals surface area contributed by atoms with Crippen LogP contribution < -0.4 is 0 Å². The van der Waals surface area contributed by atoms with Gasteiger partial charge in [0.05, 0.1) is 6.21 Å². The highest BCUT2D eigenvalue weighted by Crippen LogP contribution is 2.08. The maximum Gasteiger partial charge on any atom is 0.142 e. The van der Waals surface area contributed by atoms with Gasteiger partial charge < -0.3 is 4.84 Å². The molecule has 0 aromatic heterocycles. The summed E-state index contributed by atoms with van der Waals surface area (Å²) in [6, 6.07) is 16.5. The van der Waals surface area contributed by atoms with Gasteiger partial charge in [-0.15, -0.1) is 0 Å². The molecule has 0 atom stereocenters. The van der Waals surface area contributed by atoms with Crippen molar-refractivity contribution >= 4 is 6.21 Å². The molecule has 0 aliphatic rings. The van der Waals surface area contributed by atoms with Gasteiger partial charge in [0.15, 0.2) is 0 Å². The summed E-state index contributed by atoms with van der Waals surface area (Å²) in [4.78, 5) is 5.33. The molecule has 0 heterocycles. The first kappa shape index (κ1) is 13.3. The summed E-state index contributed by atoms with van der Waals surface area (Å²) in [6.07, 6.45) is 2.78. The smallest absolute Gasteiger partial charge is 0.142 e. The minimum absolute atomic E-state index is 0.505. The van der Waals surface area contributed by atoms with Crippen LogP contribution in [0.3, 0.4) is 0 Å². The Labute approximate surface area is 114 Å². The Morgan fingerprint density at radius 2 is 1.79 bits per heavy atom. The Morgan fingerprint density at radius 1 is 1.05 bits per heavy atom. The molecule has 0 aliphatic heterocycles. The summed E-state index contributed by atoms with van der Waals surface area (Å²) in [5.74, 6) is 0. The molecule has 2 rings (SSSR count). The van der Waals surface area contributed by atoms with Crippen LogP contribution in [0.25, 0.3) is 0 Å². The highest BCUT2D eigenvalue weighted by Gasteiger charge is 1.96. The van der Waals surface area contributed by atoms with E-state index in [1.165, 1.54) is 11.1 Å². The van der Waals surface area contributed by atoms with Crippen molar-refractivity contribution in [2.75, 3.05) is 0 Å². The van der Waals surface area contributed by atoms with Gasteiger partial charge in [0, 0.05) is 0 Å². The molecule has 19 heavy (non-hydrogen) atoms. The lowest BCUT2D eigenvalue weighted by atomic mass is 10.1. The third kappa shape index (κ3) is 3.95. The van der Waals surface area contributed by atoms with Crippen LogP contribution in [-0.4, -0.2) is 6.21 Å². The molecule has 0 unspecified atom stereocenters. The maximum absolute atomic E-state index is 5.33. The van der Waals surface area contributed by atoms with E-state index in [0.29, 0.717) is 6.61 Å². The number of nitrogens with zero attached hydrogens (tertiary/aromatic N) is 1. The highest BCUT2D eigenvalue weighted by atomic mass is 16.6. The topological polar surface area (TPSA) is 21.6 Å². The van der Waals surface area contributed by atoms with E-state index in [1.807, 2.05) is 12.1 Å². The Hall–Kier alpha value is -2.09. The molecular formula is C17H19NO. The normalized spacial score (nSPS) is 10.8. The molecule has 2 nitrogen and oxygen atoms in total. The number of aryl methyl sites for hydroxylation is 2. The molecule has 0 N–H and O–H groups in total. The lowest BCUT2D eigenvalue weighted by Crippen LogP contribution is -1.92. The molecule has 0 bridgehead atoms. The van der Waals surface area contributed by atoms with E-state index in [-0.39, 0.29) is 0 Å². The molecule has 98 valence electrons. The fraction of sp³-hybridized carbons (Fsp3) is 0.235. The van der Waals surface area contributed by atoms with Crippen molar-refractivity contribution in [3.05, 3.63) is 70.8 Å². The van der Waals surface area contributed by atoms with Crippen LogP contribution in [0.5, 0.6) is 0 Å². The first-order valence-electron chi connectivity index (χ1n) is 6.58. The van der Waals surface area contributed by atoms with E-state index in [2.05, 4.69) is 55.4 Å². The van der Waals surface area contributed by atoms with Crippen molar-refractivity contribution < 1.29 is 4.84 Å². The van der Waals surface area contributed by atoms with Crippen molar-refractivity contribution in [2.45, 2.75) is 26.9 Å². The molecule has 2 aromatic carbocycles. The van der Waals surface area contributed by atoms with Crippen molar-refractivity contribution in [1.29, 1.82) is 0 Å². The van der Waals surface area contributed by atoms with Crippen molar-refractivity contribution in [2.24, 2.45) is 5.16 Å². The molecule has 0 amide bonds. The number of rotatable bonds is 5. The van der Waals surface area contributed by atoms with Gasteiger partial charge in [0.2, 0.25) is 0 Å². The largest absolute Gasteiger partial charge is 0.391 e. The van der Waals surface area contributed by atoms with Gasteiger partial charge in [-0.1, -0.05) is 66.2 Å². The van der Waals surface area contributed by atoms with Gasteiger partial charge in [0.1, 0.15) is 6.61 Å². The van der Waals surface area contributed by atoms with E-state index in [4.69, 9.17) is 4.84 Å². The number of oxime groups is 1. The third-order valence-corrected chi connectivity index (χ3v) is 3.05. The van der Waals surface area contributed by atoms with Crippen LogP contribution in [0.15, 0.2) is 53.7 Å². The first-order chi connectivity index (χ1) is 9.29. The molecule has 2 aromatic rings. The first-order valence-corrected chi connectivity index (χ1v) is 6.58. The minimum Gasteiger partial charge on any atom is -0.391 e. The van der Waals surface area contributed by atoms with Gasteiger partial charge in [-0.25, -0.2) is 0 Å². The molecule has 2 heteroatoms. The summed E-state index contributed by atoms with van der Waals surface area (Å²) in [7, 11) is 0. The van der Waals surface area contributed by atoms with Gasteiger partial charge in [-0.3, -0.25) is 0 Å². The van der Waals surface area contributed by atoms with E-state index in [0.717, 1.165) is 17.5 Å². The predicted molar refractivity (Wildman–Crippen MR) is 79.4 cm³/mol. The Bertz CT molecular complexity index is 543. The molecule has 0 spiro atoms. The predicted octanol–water partition coefficient (Wildman–Crippen LogP) is 4.11. The minimum atomic E-state index is 0.505. The van der Waals surface area contributed by atoms with Crippen molar-refractivity contribution in [1.82, 2.24) is 0 Å². The van der Waals surface area contributed by atoms with E-state index in [9.17, 15) is 0 Å². The van der Waals surface area contributed by atoms with E-state index >= 15 is 0 Å². The van der Waals surface area contributed by atoms with Crippen LogP contribution in [0.2, 0.25) is 0 Å². The average Bonchev–Trinajstić information content (AvgIpc) is 2.46. The Balaban J connectivity index is 1.91. The fourth-order valence-electron chi connectivity index (χ4n) is 1.87. The van der Waals surface area contributed by atoms with Crippen LogP contribution in [0.4, 0.5) is 0 Å². The van der Waals surface area contributed by atoms with Crippen LogP contribution >= 0.6 is 0 Å². The Kier molecular flexibility index (Phi) is 4.73. The lowest BCUT2D eigenvalue weighted by Gasteiger charge is -2.02. The number of hydrogen-bond donors (Lipinski definition) is 0. The fourth-order valence-corrected chi connectivity index (χ4v) is 1.87. The SMILES string of the molecule is CCc1ccccc1C=NOCc1ccc(C)cc1. The molecular weight excluding hydrogens is 234 g/mol. The maximum atomic E-state index is 5.33. The van der Waals surface area contributed by atoms with Crippen LogP contribution in [0.1, 0.15) is 29.2 Å². The summed E-state index contributed by atoms with van der Waals surface area (Å²) < 4.78 is 0. The second-order valence-electron chi connectivity index (χ2n) is 4.55. The van der Waals surface area contributed by atoms with Gasteiger partial charge in [-0.05, 0) is 30.0 Å². The van der Waals surface area contributed by atoms with E-state index < -0.39 is 0 Å². The summed E-state index contributed by atoms with van der Waals surface area (Å²) >= 11 is 0. The molecule has 0 fully saturated rings. The quantitative estimate of drug-likeness (QED) is 0.580. The van der Waals surface area contributed by atoms with Crippen LogP contribution in [-0.2, 0) is 17.9 Å². The van der Waals surface area contributed by atoms with Crippen LogP contribution in [0, 0.1) is 6.92 Å². The number of benzene rings is 2. The van der Waals surface area contributed by atoms with Crippen molar-refractivity contribution in [3.8, 4) is 0 Å². The summed E-state index contributed by atoms with van der Waals surface area (Å²) in [5.41, 5.74) is 4.79. The zero-order valence-electron chi connectivity index (χ0n) is 11.5. The molecule has 0 saturated carbocycles. The third-order valence-electron chi connectivity index (χ3n) is 3.05. The highest BCUT2D eigenvalue weighted by molar-refractivity contribution is 5.81. The summed E-state index contributed by atoms with van der Waals surface area (Å²) in [6.45, 7) is 4.72. The monoisotopic (exact) mass is 253 g/mol. The second-order valence-corrected chi connectivity index (χ2v) is 4.55. The zero-order chi connectivity index (χ0) is 13.5. The van der Waals surface area contributed by atoms with Gasteiger partial charge >= 0.3 is 0 Å². The standard InChI is InChI=1S/C17H19NO/c1-3-16-6-4-5-7-17(16)12-18-19-13-15-10-8-14(2)9-11-15/h4-12H,3,13H2,1-2H3. The lowest BCUT2D eigenvalue weighted by molar-refractivity contribution is 0.132. The summed E-state index contributed by atoms with van der Waals surface area (Å²) in [5, 5.41) is 4.04.